The first-order valence-electron chi connectivity index (χ1n) is 7.25. The maximum Gasteiger partial charge on any atom is 0.224 e. The number of hydrogen-bond donors (Lipinski definition) is 2. The van der Waals surface area contributed by atoms with Crippen molar-refractivity contribution in [2.45, 2.75) is 46.1 Å². The van der Waals surface area contributed by atoms with Crippen LogP contribution in [0.2, 0.25) is 0 Å². The molecule has 1 aliphatic heterocycles. The van der Waals surface area contributed by atoms with Crippen LogP contribution in [0.15, 0.2) is 0 Å². The van der Waals surface area contributed by atoms with Crippen molar-refractivity contribution in [1.29, 1.82) is 0 Å². The van der Waals surface area contributed by atoms with Crippen molar-refractivity contribution in [3.8, 4) is 0 Å². The van der Waals surface area contributed by atoms with Crippen molar-refractivity contribution in [2.75, 3.05) is 26.2 Å². The Balaban J connectivity index is 0.00000324. The van der Waals surface area contributed by atoms with Crippen LogP contribution in [0.4, 0.5) is 0 Å². The summed E-state index contributed by atoms with van der Waals surface area (Å²) in [4.78, 5) is 11.9. The van der Waals surface area contributed by atoms with Crippen molar-refractivity contribution in [3.63, 3.8) is 0 Å². The molecule has 0 aliphatic carbocycles. The van der Waals surface area contributed by atoms with Crippen LogP contribution in [0.3, 0.4) is 0 Å². The minimum atomic E-state index is 0. The number of rotatable bonds is 7. The molecule has 5 heteroatoms. The lowest BCUT2D eigenvalue weighted by molar-refractivity contribution is -0.125. The molecule has 0 saturated carbocycles. The van der Waals surface area contributed by atoms with Crippen LogP contribution in [0, 0.1) is 11.8 Å². The normalized spacial score (nSPS) is 20.7. The second-order valence-electron chi connectivity index (χ2n) is 5.36. The lowest BCUT2D eigenvalue weighted by atomic mass is 9.98. The Morgan fingerprint density at radius 2 is 2.21 bits per heavy atom. The topological polar surface area (TPSA) is 50.4 Å². The summed E-state index contributed by atoms with van der Waals surface area (Å²) in [7, 11) is 0. The minimum absolute atomic E-state index is 0. The lowest BCUT2D eigenvalue weighted by Crippen LogP contribution is -2.41. The van der Waals surface area contributed by atoms with Crippen LogP contribution >= 0.6 is 12.4 Å². The number of piperidine rings is 1. The highest BCUT2D eigenvalue weighted by Gasteiger charge is 2.21. The third kappa shape index (κ3) is 7.14. The number of carbonyl (C=O) groups is 1. The van der Waals surface area contributed by atoms with Gasteiger partial charge in [0.2, 0.25) is 5.91 Å². The van der Waals surface area contributed by atoms with E-state index in [1.54, 1.807) is 0 Å². The monoisotopic (exact) mass is 292 g/mol. The van der Waals surface area contributed by atoms with E-state index in [1.165, 1.54) is 0 Å². The third-order valence-corrected chi connectivity index (χ3v) is 3.52. The van der Waals surface area contributed by atoms with E-state index in [0.717, 1.165) is 45.5 Å². The van der Waals surface area contributed by atoms with Gasteiger partial charge in [0.25, 0.3) is 0 Å². The first-order valence-corrected chi connectivity index (χ1v) is 7.25. The van der Waals surface area contributed by atoms with Gasteiger partial charge in [0.1, 0.15) is 0 Å². The Hall–Kier alpha value is -0.320. The van der Waals surface area contributed by atoms with E-state index in [1.807, 2.05) is 6.92 Å². The van der Waals surface area contributed by atoms with Crippen LogP contribution in [-0.4, -0.2) is 38.3 Å². The second-order valence-corrected chi connectivity index (χ2v) is 5.36. The van der Waals surface area contributed by atoms with Gasteiger partial charge in [0, 0.05) is 19.7 Å². The number of hydrogen-bond acceptors (Lipinski definition) is 3. The molecule has 1 saturated heterocycles. The van der Waals surface area contributed by atoms with Crippen LogP contribution in [0.25, 0.3) is 0 Å². The fourth-order valence-electron chi connectivity index (χ4n) is 2.38. The Bertz CT molecular complexity index is 244. The van der Waals surface area contributed by atoms with Gasteiger partial charge >= 0.3 is 0 Å². The average molecular weight is 293 g/mol. The predicted molar refractivity (Wildman–Crippen MR) is 80.7 cm³/mol. The van der Waals surface area contributed by atoms with E-state index in [-0.39, 0.29) is 30.3 Å². The highest BCUT2D eigenvalue weighted by molar-refractivity contribution is 5.85. The van der Waals surface area contributed by atoms with Crippen LogP contribution < -0.4 is 10.6 Å². The molecule has 1 amide bonds. The van der Waals surface area contributed by atoms with Gasteiger partial charge in [-0.25, -0.2) is 0 Å². The highest BCUT2D eigenvalue weighted by Crippen LogP contribution is 2.12. The summed E-state index contributed by atoms with van der Waals surface area (Å²) in [5.41, 5.74) is 0. The van der Waals surface area contributed by atoms with Crippen LogP contribution in [0.5, 0.6) is 0 Å². The number of amides is 1. The average Bonchev–Trinajstić information content (AvgIpc) is 2.38. The first-order chi connectivity index (χ1) is 8.65. The van der Waals surface area contributed by atoms with E-state index in [4.69, 9.17) is 4.74 Å². The molecule has 0 radical (unpaired) electrons. The summed E-state index contributed by atoms with van der Waals surface area (Å²) in [5, 5.41) is 6.31. The zero-order valence-electron chi connectivity index (χ0n) is 12.4. The molecule has 2 N–H and O–H groups in total. The van der Waals surface area contributed by atoms with E-state index < -0.39 is 0 Å². The van der Waals surface area contributed by atoms with Crippen molar-refractivity contribution in [2.24, 2.45) is 11.8 Å². The SMILES string of the molecule is CCOC(CCNC(=O)C1CCCNC1)C(C)C.Cl. The molecule has 0 bridgehead atoms. The molecule has 0 aromatic carbocycles. The predicted octanol–water partition coefficient (Wildman–Crippen LogP) is 1.98. The lowest BCUT2D eigenvalue weighted by Gasteiger charge is -2.24. The second kappa shape index (κ2) is 10.5. The van der Waals surface area contributed by atoms with E-state index >= 15 is 0 Å². The van der Waals surface area contributed by atoms with Gasteiger partial charge in [-0.2, -0.15) is 0 Å². The third-order valence-electron chi connectivity index (χ3n) is 3.52. The number of carbonyl (C=O) groups excluding carboxylic acids is 1. The smallest absolute Gasteiger partial charge is 0.224 e. The van der Waals surface area contributed by atoms with Gasteiger partial charge in [-0.1, -0.05) is 13.8 Å². The quantitative estimate of drug-likeness (QED) is 0.754. The molecule has 114 valence electrons. The van der Waals surface area contributed by atoms with Gasteiger partial charge < -0.3 is 15.4 Å². The Morgan fingerprint density at radius 1 is 1.47 bits per heavy atom. The van der Waals surface area contributed by atoms with E-state index in [2.05, 4.69) is 24.5 Å². The van der Waals surface area contributed by atoms with Gasteiger partial charge in [-0.3, -0.25) is 4.79 Å². The number of nitrogens with one attached hydrogen (secondary N) is 2. The van der Waals surface area contributed by atoms with Crippen LogP contribution in [-0.2, 0) is 9.53 Å². The summed E-state index contributed by atoms with van der Waals surface area (Å²) in [6.07, 6.45) is 3.26. The fraction of sp³-hybridized carbons (Fsp3) is 0.929. The molecule has 2 unspecified atom stereocenters. The molecule has 0 aromatic heterocycles. The molecule has 1 aliphatic rings. The van der Waals surface area contributed by atoms with Crippen molar-refractivity contribution >= 4 is 18.3 Å². The van der Waals surface area contributed by atoms with E-state index in [9.17, 15) is 4.79 Å². The van der Waals surface area contributed by atoms with Crippen molar-refractivity contribution < 1.29 is 9.53 Å². The van der Waals surface area contributed by atoms with Gasteiger partial charge in [0.15, 0.2) is 0 Å². The standard InChI is InChI=1S/C14H28N2O2.ClH/c1-4-18-13(11(2)3)7-9-16-14(17)12-6-5-8-15-10-12;/h11-13,15H,4-10H2,1-3H3,(H,16,17);1H. The first kappa shape index (κ1) is 18.7. The molecule has 1 rings (SSSR count). The molecule has 1 fully saturated rings. The van der Waals surface area contributed by atoms with Gasteiger partial charge in [0.05, 0.1) is 12.0 Å². The maximum atomic E-state index is 11.9. The molecule has 19 heavy (non-hydrogen) atoms. The zero-order chi connectivity index (χ0) is 13.4. The largest absolute Gasteiger partial charge is 0.378 e. The molecule has 0 aromatic rings. The maximum absolute atomic E-state index is 11.9. The Kier molecular flexibility index (Phi) is 10.3. The van der Waals surface area contributed by atoms with Crippen LogP contribution in [0.1, 0.15) is 40.0 Å². The van der Waals surface area contributed by atoms with Crippen molar-refractivity contribution in [3.05, 3.63) is 0 Å². The van der Waals surface area contributed by atoms with Gasteiger partial charge in [-0.15, -0.1) is 12.4 Å². The summed E-state index contributed by atoms with van der Waals surface area (Å²) in [5.74, 6) is 0.850. The van der Waals surface area contributed by atoms with E-state index in [0.29, 0.717) is 5.92 Å². The highest BCUT2D eigenvalue weighted by atomic mass is 35.5. The minimum Gasteiger partial charge on any atom is -0.378 e. The Morgan fingerprint density at radius 3 is 2.74 bits per heavy atom. The molecule has 4 nitrogen and oxygen atoms in total. The molecular weight excluding hydrogens is 264 g/mol. The molecule has 1 heterocycles. The zero-order valence-corrected chi connectivity index (χ0v) is 13.2. The summed E-state index contributed by atoms with van der Waals surface area (Å²) >= 11 is 0. The fourth-order valence-corrected chi connectivity index (χ4v) is 2.38. The van der Waals surface area contributed by atoms with Gasteiger partial charge in [-0.05, 0) is 38.6 Å². The number of ether oxygens (including phenoxy) is 1. The van der Waals surface area contributed by atoms with Crippen molar-refractivity contribution in [1.82, 2.24) is 10.6 Å². The Labute approximate surface area is 123 Å². The summed E-state index contributed by atoms with van der Waals surface area (Å²) in [6.45, 7) is 9.66. The summed E-state index contributed by atoms with van der Waals surface area (Å²) < 4.78 is 5.67. The molecule has 0 spiro atoms. The number of halogens is 1. The molecule has 2 atom stereocenters. The molecular formula is C14H29ClN2O2. The summed E-state index contributed by atoms with van der Waals surface area (Å²) in [6, 6.07) is 0.